The van der Waals surface area contributed by atoms with Crippen molar-refractivity contribution in [1.29, 1.82) is 0 Å². The maximum absolute atomic E-state index is 13.6. The van der Waals surface area contributed by atoms with E-state index in [9.17, 15) is 13.6 Å². The Hall–Kier alpha value is -2.43. The number of nitrogens with one attached hydrogen (secondary N) is 2. The highest BCUT2D eigenvalue weighted by atomic mass is 19.1. The summed E-state index contributed by atoms with van der Waals surface area (Å²) in [6.45, 7) is 1.63. The van der Waals surface area contributed by atoms with Gasteiger partial charge in [0.25, 0.3) is 5.91 Å². The second-order valence-electron chi connectivity index (χ2n) is 4.33. The highest BCUT2D eigenvalue weighted by Crippen LogP contribution is 2.21. The van der Waals surface area contributed by atoms with Gasteiger partial charge in [0.2, 0.25) is 0 Å². The summed E-state index contributed by atoms with van der Waals surface area (Å²) in [6.07, 6.45) is 0. The zero-order valence-electron chi connectivity index (χ0n) is 11.1. The molecule has 0 aliphatic rings. The maximum Gasteiger partial charge on any atom is 0.257 e. The first-order valence-electron chi connectivity index (χ1n) is 6.06. The molecule has 0 aliphatic heterocycles. The predicted molar refractivity (Wildman–Crippen MR) is 75.0 cm³/mol. The molecule has 0 saturated heterocycles. The molecule has 0 saturated carbocycles. The third-order valence-corrected chi connectivity index (χ3v) is 2.94. The number of benzene rings is 2. The number of hydrogen-bond donors (Lipinski definition) is 2. The van der Waals surface area contributed by atoms with Crippen molar-refractivity contribution in [2.45, 2.75) is 6.92 Å². The average molecular weight is 276 g/mol. The van der Waals surface area contributed by atoms with Crippen LogP contribution in [-0.4, -0.2) is 13.0 Å². The lowest BCUT2D eigenvalue weighted by molar-refractivity contribution is 0.102. The number of halogens is 2. The molecule has 3 nitrogen and oxygen atoms in total. The molecule has 2 aromatic carbocycles. The number of carbonyl (C=O) groups excluding carboxylic acids is 1. The van der Waals surface area contributed by atoms with E-state index in [0.29, 0.717) is 11.3 Å². The van der Waals surface area contributed by atoms with Crippen LogP contribution in [-0.2, 0) is 0 Å². The van der Waals surface area contributed by atoms with Crippen LogP contribution in [0.1, 0.15) is 15.9 Å². The van der Waals surface area contributed by atoms with E-state index in [2.05, 4.69) is 10.6 Å². The van der Waals surface area contributed by atoms with Gasteiger partial charge in [-0.1, -0.05) is 12.1 Å². The first kappa shape index (κ1) is 14.0. The fourth-order valence-electron chi connectivity index (χ4n) is 1.84. The minimum Gasteiger partial charge on any atom is -0.385 e. The van der Waals surface area contributed by atoms with E-state index in [1.807, 2.05) is 0 Å². The zero-order chi connectivity index (χ0) is 14.7. The van der Waals surface area contributed by atoms with Crippen molar-refractivity contribution in [1.82, 2.24) is 0 Å². The van der Waals surface area contributed by atoms with Gasteiger partial charge in [-0.2, -0.15) is 0 Å². The molecule has 0 aliphatic carbocycles. The Morgan fingerprint density at radius 2 is 1.85 bits per heavy atom. The van der Waals surface area contributed by atoms with Gasteiger partial charge in [0.1, 0.15) is 11.6 Å². The van der Waals surface area contributed by atoms with Crippen molar-refractivity contribution >= 4 is 17.3 Å². The molecule has 20 heavy (non-hydrogen) atoms. The second kappa shape index (κ2) is 5.69. The van der Waals surface area contributed by atoms with Gasteiger partial charge in [-0.25, -0.2) is 8.78 Å². The van der Waals surface area contributed by atoms with Crippen LogP contribution in [0.4, 0.5) is 20.2 Å². The number of amides is 1. The van der Waals surface area contributed by atoms with E-state index in [4.69, 9.17) is 0 Å². The van der Waals surface area contributed by atoms with Crippen molar-refractivity contribution in [2.75, 3.05) is 17.7 Å². The number of carbonyl (C=O) groups is 1. The smallest absolute Gasteiger partial charge is 0.257 e. The van der Waals surface area contributed by atoms with E-state index < -0.39 is 17.5 Å². The lowest BCUT2D eigenvalue weighted by Gasteiger charge is -2.11. The van der Waals surface area contributed by atoms with Gasteiger partial charge < -0.3 is 10.6 Å². The predicted octanol–water partition coefficient (Wildman–Crippen LogP) is 3.57. The van der Waals surface area contributed by atoms with Crippen molar-refractivity contribution < 1.29 is 13.6 Å². The Morgan fingerprint density at radius 1 is 1.10 bits per heavy atom. The average Bonchev–Trinajstić information content (AvgIpc) is 2.42. The monoisotopic (exact) mass is 276 g/mol. The second-order valence-corrected chi connectivity index (χ2v) is 4.33. The summed E-state index contributed by atoms with van der Waals surface area (Å²) in [6, 6.07) is 8.58. The molecule has 2 rings (SSSR count). The quantitative estimate of drug-likeness (QED) is 0.899. The fourth-order valence-corrected chi connectivity index (χ4v) is 1.84. The molecule has 5 heteroatoms. The number of anilines is 2. The number of para-hydroxylation sites is 1. The molecule has 104 valence electrons. The molecular weight excluding hydrogens is 262 g/mol. The molecule has 0 bridgehead atoms. The van der Waals surface area contributed by atoms with Gasteiger partial charge in [0.05, 0.1) is 11.3 Å². The summed E-state index contributed by atoms with van der Waals surface area (Å²) in [5, 5.41) is 5.18. The van der Waals surface area contributed by atoms with Crippen molar-refractivity contribution in [3.63, 3.8) is 0 Å². The summed E-state index contributed by atoms with van der Waals surface area (Å²) >= 11 is 0. The SMILES string of the molecule is CNc1c(F)cccc1C(=O)Nc1ccc(C)c(F)c1. The summed E-state index contributed by atoms with van der Waals surface area (Å²) in [4.78, 5) is 12.1. The highest BCUT2D eigenvalue weighted by Gasteiger charge is 2.14. The molecular formula is C15H14F2N2O. The maximum atomic E-state index is 13.6. The van der Waals surface area contributed by atoms with Crippen molar-refractivity contribution in [3.05, 3.63) is 59.2 Å². The minimum atomic E-state index is -0.518. The topological polar surface area (TPSA) is 41.1 Å². The third kappa shape index (κ3) is 2.77. The molecule has 0 heterocycles. The molecule has 0 aromatic heterocycles. The molecule has 2 aromatic rings. The number of aryl methyl sites for hydroxylation is 1. The van der Waals surface area contributed by atoms with Crippen LogP contribution in [0.25, 0.3) is 0 Å². The van der Waals surface area contributed by atoms with Gasteiger partial charge in [-0.15, -0.1) is 0 Å². The zero-order valence-corrected chi connectivity index (χ0v) is 11.1. The lowest BCUT2D eigenvalue weighted by atomic mass is 10.1. The Kier molecular flexibility index (Phi) is 3.98. The Balaban J connectivity index is 2.28. The van der Waals surface area contributed by atoms with Crippen LogP contribution in [0.5, 0.6) is 0 Å². The minimum absolute atomic E-state index is 0.109. The van der Waals surface area contributed by atoms with E-state index in [-0.39, 0.29) is 11.3 Å². The summed E-state index contributed by atoms with van der Waals surface area (Å²) in [5.41, 5.74) is 1.08. The highest BCUT2D eigenvalue weighted by molar-refractivity contribution is 6.08. The van der Waals surface area contributed by atoms with Crippen molar-refractivity contribution in [3.8, 4) is 0 Å². The molecule has 1 amide bonds. The van der Waals surface area contributed by atoms with Gasteiger partial charge in [-0.05, 0) is 36.8 Å². The first-order valence-corrected chi connectivity index (χ1v) is 6.06. The first-order chi connectivity index (χ1) is 9.52. The molecule has 2 N–H and O–H groups in total. The molecule has 0 radical (unpaired) electrons. The van der Waals surface area contributed by atoms with E-state index >= 15 is 0 Å². The van der Waals surface area contributed by atoms with Gasteiger partial charge in [-0.3, -0.25) is 4.79 Å². The van der Waals surface area contributed by atoms with E-state index in [0.717, 1.165) is 0 Å². The summed E-state index contributed by atoms with van der Waals surface area (Å²) < 4.78 is 27.0. The van der Waals surface area contributed by atoms with Crippen molar-refractivity contribution in [2.24, 2.45) is 0 Å². The number of hydrogen-bond acceptors (Lipinski definition) is 2. The normalized spacial score (nSPS) is 10.2. The van der Waals surface area contributed by atoms with E-state index in [1.54, 1.807) is 19.1 Å². The van der Waals surface area contributed by atoms with Gasteiger partial charge in [0, 0.05) is 12.7 Å². The van der Waals surface area contributed by atoms with Gasteiger partial charge >= 0.3 is 0 Å². The third-order valence-electron chi connectivity index (χ3n) is 2.94. The molecule has 0 atom stereocenters. The van der Waals surface area contributed by atoms with Crippen LogP contribution in [0.15, 0.2) is 36.4 Å². The van der Waals surface area contributed by atoms with Crippen LogP contribution in [0, 0.1) is 18.6 Å². The van der Waals surface area contributed by atoms with Crippen LogP contribution < -0.4 is 10.6 Å². The Labute approximate surface area is 115 Å². The van der Waals surface area contributed by atoms with Crippen LogP contribution in [0.2, 0.25) is 0 Å². The van der Waals surface area contributed by atoms with Crippen LogP contribution >= 0.6 is 0 Å². The summed E-state index contributed by atoms with van der Waals surface area (Å²) in [7, 11) is 1.53. The van der Waals surface area contributed by atoms with Gasteiger partial charge in [0.15, 0.2) is 0 Å². The molecule has 0 unspecified atom stereocenters. The fraction of sp³-hybridized carbons (Fsp3) is 0.133. The molecule has 0 spiro atoms. The van der Waals surface area contributed by atoms with E-state index in [1.165, 1.54) is 31.3 Å². The molecule has 0 fully saturated rings. The summed E-state index contributed by atoms with van der Waals surface area (Å²) in [5.74, 6) is -1.43. The standard InChI is InChI=1S/C15H14F2N2O/c1-9-6-7-10(8-13(9)17)19-15(20)11-4-3-5-12(16)14(11)18-2/h3-8,18H,1-2H3,(H,19,20). The Morgan fingerprint density at radius 3 is 2.50 bits per heavy atom. The Bertz CT molecular complexity index is 656. The lowest BCUT2D eigenvalue weighted by Crippen LogP contribution is -2.15. The largest absolute Gasteiger partial charge is 0.385 e. The number of rotatable bonds is 3. The van der Waals surface area contributed by atoms with Crippen LogP contribution in [0.3, 0.4) is 0 Å².